The number of rotatable bonds is 3. The predicted molar refractivity (Wildman–Crippen MR) is 67.6 cm³/mol. The van der Waals surface area contributed by atoms with E-state index in [9.17, 15) is 18.8 Å². The van der Waals surface area contributed by atoms with E-state index in [0.717, 1.165) is 17.2 Å². The maximum Gasteiger partial charge on any atom is 0.339 e. The molecule has 1 aromatic carbocycles. The molecule has 2 aromatic rings. The number of benzene rings is 1. The van der Waals surface area contributed by atoms with Crippen LogP contribution < -0.4 is 4.90 Å². The van der Waals surface area contributed by atoms with Crippen LogP contribution in [0.4, 0.5) is 10.1 Å². The van der Waals surface area contributed by atoms with Gasteiger partial charge < -0.3 is 9.52 Å². The molecule has 0 fully saturated rings. The van der Waals surface area contributed by atoms with Crippen molar-refractivity contribution in [2.24, 2.45) is 0 Å². The number of carboxylic acids is 1. The Bertz CT molecular complexity index is 779. The molecular weight excluding hydrogens is 281 g/mol. The number of anilines is 1. The Hall–Kier alpha value is -2.96. The highest BCUT2D eigenvalue weighted by molar-refractivity contribution is 6.52. The van der Waals surface area contributed by atoms with Gasteiger partial charge in [0.25, 0.3) is 11.7 Å². The highest BCUT2D eigenvalue weighted by Crippen LogP contribution is 2.33. The van der Waals surface area contributed by atoms with Crippen LogP contribution in [0.2, 0.25) is 0 Å². The lowest BCUT2D eigenvalue weighted by atomic mass is 10.1. The molecule has 0 saturated carbocycles. The molecule has 3 rings (SSSR count). The fourth-order valence-electron chi connectivity index (χ4n) is 2.26. The second kappa shape index (κ2) is 4.55. The van der Waals surface area contributed by atoms with Gasteiger partial charge in [-0.25, -0.2) is 9.18 Å². The summed E-state index contributed by atoms with van der Waals surface area (Å²) in [5.41, 5.74) is -0.330. The van der Waals surface area contributed by atoms with E-state index in [1.165, 1.54) is 18.2 Å². The van der Waals surface area contributed by atoms with Crippen molar-refractivity contribution in [1.82, 2.24) is 0 Å². The number of furan rings is 1. The molecule has 0 radical (unpaired) electrons. The number of carbonyl (C=O) groups excluding carboxylic acids is 2. The molecule has 1 aliphatic heterocycles. The minimum atomic E-state index is -1.23. The maximum absolute atomic E-state index is 13.9. The third kappa shape index (κ3) is 1.90. The molecule has 0 saturated heterocycles. The van der Waals surface area contributed by atoms with E-state index in [0.29, 0.717) is 0 Å². The van der Waals surface area contributed by atoms with Crippen molar-refractivity contribution >= 4 is 23.3 Å². The Balaban J connectivity index is 2.05. The van der Waals surface area contributed by atoms with Gasteiger partial charge in [-0.05, 0) is 18.2 Å². The van der Waals surface area contributed by atoms with E-state index < -0.39 is 23.5 Å². The van der Waals surface area contributed by atoms with Gasteiger partial charge in [0.1, 0.15) is 17.1 Å². The summed E-state index contributed by atoms with van der Waals surface area (Å²) in [6.45, 7) is -0.326. The molecule has 0 aliphatic carbocycles. The summed E-state index contributed by atoms with van der Waals surface area (Å²) in [6.07, 6.45) is 1.16. The first kappa shape index (κ1) is 13.0. The highest BCUT2D eigenvalue weighted by atomic mass is 19.1. The van der Waals surface area contributed by atoms with Crippen LogP contribution in [0.1, 0.15) is 26.5 Å². The number of fused-ring (bicyclic) bond motifs is 1. The normalized spacial score (nSPS) is 13.7. The fraction of sp³-hybridized carbons (Fsp3) is 0.0714. The van der Waals surface area contributed by atoms with Crippen LogP contribution in [0.3, 0.4) is 0 Å². The monoisotopic (exact) mass is 289 g/mol. The van der Waals surface area contributed by atoms with Gasteiger partial charge in [0.15, 0.2) is 0 Å². The third-order valence-corrected chi connectivity index (χ3v) is 3.22. The van der Waals surface area contributed by atoms with Gasteiger partial charge in [0.05, 0.1) is 24.1 Å². The zero-order chi connectivity index (χ0) is 15.1. The predicted octanol–water partition coefficient (Wildman–Crippen LogP) is 1.85. The Morgan fingerprint density at radius 1 is 1.29 bits per heavy atom. The topological polar surface area (TPSA) is 87.8 Å². The summed E-state index contributed by atoms with van der Waals surface area (Å²) in [6, 6.07) is 5.03. The van der Waals surface area contributed by atoms with Crippen molar-refractivity contribution < 1.29 is 28.3 Å². The minimum absolute atomic E-state index is 0.0280. The molecule has 106 valence electrons. The number of nitrogens with zero attached hydrogens (tertiary/aromatic N) is 1. The summed E-state index contributed by atoms with van der Waals surface area (Å²) < 4.78 is 18.9. The van der Waals surface area contributed by atoms with Crippen LogP contribution in [0.25, 0.3) is 0 Å². The van der Waals surface area contributed by atoms with Crippen LogP contribution in [0.15, 0.2) is 34.9 Å². The summed E-state index contributed by atoms with van der Waals surface area (Å²) in [5, 5.41) is 8.99. The average molecular weight is 289 g/mol. The molecule has 1 amide bonds. The standard InChI is InChI=1S/C14H8FNO5/c15-9-3-1-2-8-11(9)16(13(18)12(8)17)6-10-7(14(19)20)4-5-21-10/h1-5H,6H2,(H,19,20). The molecule has 0 spiro atoms. The highest BCUT2D eigenvalue weighted by Gasteiger charge is 2.38. The summed E-state index contributed by atoms with van der Waals surface area (Å²) >= 11 is 0. The Kier molecular flexibility index (Phi) is 2.83. The van der Waals surface area contributed by atoms with Crippen LogP contribution >= 0.6 is 0 Å². The molecular formula is C14H8FNO5. The SMILES string of the molecule is O=C(O)c1ccoc1CN1C(=O)C(=O)c2cccc(F)c21. The van der Waals surface area contributed by atoms with Gasteiger partial charge in [-0.3, -0.25) is 14.5 Å². The van der Waals surface area contributed by atoms with Gasteiger partial charge in [-0.15, -0.1) is 0 Å². The average Bonchev–Trinajstić information content (AvgIpc) is 2.99. The van der Waals surface area contributed by atoms with Gasteiger partial charge in [-0.1, -0.05) is 6.07 Å². The van der Waals surface area contributed by atoms with Crippen molar-refractivity contribution in [3.05, 3.63) is 53.2 Å². The Morgan fingerprint density at radius 3 is 2.76 bits per heavy atom. The second-order valence-corrected chi connectivity index (χ2v) is 4.42. The molecule has 0 bridgehead atoms. The van der Waals surface area contributed by atoms with E-state index >= 15 is 0 Å². The Labute approximate surface area is 117 Å². The van der Waals surface area contributed by atoms with E-state index in [1.54, 1.807) is 0 Å². The van der Waals surface area contributed by atoms with Crippen LogP contribution in [0.5, 0.6) is 0 Å². The van der Waals surface area contributed by atoms with E-state index in [-0.39, 0.29) is 29.1 Å². The van der Waals surface area contributed by atoms with Crippen LogP contribution in [-0.2, 0) is 11.3 Å². The van der Waals surface area contributed by atoms with Gasteiger partial charge in [-0.2, -0.15) is 0 Å². The third-order valence-electron chi connectivity index (χ3n) is 3.22. The number of carboxylic acid groups (broad SMARTS) is 1. The first-order valence-electron chi connectivity index (χ1n) is 5.95. The summed E-state index contributed by atoms with van der Waals surface area (Å²) in [4.78, 5) is 35.6. The molecule has 6 nitrogen and oxygen atoms in total. The number of halogens is 1. The lowest BCUT2D eigenvalue weighted by Gasteiger charge is -2.15. The van der Waals surface area contributed by atoms with Crippen molar-refractivity contribution in [2.45, 2.75) is 6.54 Å². The molecule has 1 aliphatic rings. The lowest BCUT2D eigenvalue weighted by Crippen LogP contribution is -2.30. The van der Waals surface area contributed by atoms with Crippen molar-refractivity contribution in [3.8, 4) is 0 Å². The molecule has 0 atom stereocenters. The largest absolute Gasteiger partial charge is 0.478 e. The minimum Gasteiger partial charge on any atom is -0.478 e. The first-order chi connectivity index (χ1) is 10.0. The molecule has 2 heterocycles. The smallest absolute Gasteiger partial charge is 0.339 e. The maximum atomic E-state index is 13.9. The van der Waals surface area contributed by atoms with Gasteiger partial charge >= 0.3 is 5.97 Å². The number of amides is 1. The second-order valence-electron chi connectivity index (χ2n) is 4.42. The van der Waals surface area contributed by atoms with Gasteiger partial charge in [0.2, 0.25) is 0 Å². The van der Waals surface area contributed by atoms with Gasteiger partial charge in [0, 0.05) is 0 Å². The Morgan fingerprint density at radius 2 is 2.05 bits per heavy atom. The number of hydrogen-bond donors (Lipinski definition) is 1. The van der Waals surface area contributed by atoms with Crippen molar-refractivity contribution in [2.75, 3.05) is 4.90 Å². The molecule has 7 heteroatoms. The number of carbonyl (C=O) groups is 3. The lowest BCUT2D eigenvalue weighted by molar-refractivity contribution is -0.114. The summed E-state index contributed by atoms with van der Waals surface area (Å²) in [5.74, 6) is -3.73. The fourth-order valence-corrected chi connectivity index (χ4v) is 2.26. The molecule has 1 N–H and O–H groups in total. The van der Waals surface area contributed by atoms with Crippen molar-refractivity contribution in [1.29, 1.82) is 0 Å². The molecule has 21 heavy (non-hydrogen) atoms. The first-order valence-corrected chi connectivity index (χ1v) is 5.95. The number of hydrogen-bond acceptors (Lipinski definition) is 4. The van der Waals surface area contributed by atoms with Crippen molar-refractivity contribution in [3.63, 3.8) is 0 Å². The quantitative estimate of drug-likeness (QED) is 0.871. The van der Waals surface area contributed by atoms with Crippen LogP contribution in [-0.4, -0.2) is 22.8 Å². The van der Waals surface area contributed by atoms with E-state index in [2.05, 4.69) is 0 Å². The van der Waals surface area contributed by atoms with E-state index in [4.69, 9.17) is 9.52 Å². The number of Topliss-reactive ketones (excluding diaryl/α,β-unsaturated/α-hetero) is 1. The number of aromatic carboxylic acids is 1. The number of ketones is 1. The zero-order valence-corrected chi connectivity index (χ0v) is 10.5. The molecule has 1 aromatic heterocycles. The molecule has 0 unspecified atom stereocenters. The number of para-hydroxylation sites is 1. The van der Waals surface area contributed by atoms with Crippen LogP contribution in [0, 0.1) is 5.82 Å². The zero-order valence-electron chi connectivity index (χ0n) is 10.5. The van der Waals surface area contributed by atoms with E-state index in [1.807, 2.05) is 0 Å². The summed E-state index contributed by atoms with van der Waals surface area (Å²) in [7, 11) is 0.